The molecule has 0 unspecified atom stereocenters. The van der Waals surface area contributed by atoms with Gasteiger partial charge in [0.15, 0.2) is 0 Å². The lowest BCUT2D eigenvalue weighted by Gasteiger charge is -2.08. The molecule has 1 atom stereocenters. The number of hydrogen-bond acceptors (Lipinski definition) is 4. The zero-order chi connectivity index (χ0) is 9.78. The van der Waals surface area contributed by atoms with Gasteiger partial charge in [-0.05, 0) is 0 Å². The highest BCUT2D eigenvalue weighted by atomic mass is 32.2. The summed E-state index contributed by atoms with van der Waals surface area (Å²) >= 11 is 0. The molecule has 0 saturated heterocycles. The fraction of sp³-hybridized carbons (Fsp3) is 0.833. The molecule has 3 N–H and O–H groups in total. The zero-order valence-corrected chi connectivity index (χ0v) is 7.76. The Morgan fingerprint density at radius 3 is 2.42 bits per heavy atom. The molecule has 0 aliphatic heterocycles. The Labute approximate surface area is 71.5 Å². The monoisotopic (exact) mass is 195 g/mol. The van der Waals surface area contributed by atoms with Crippen molar-refractivity contribution in [2.75, 3.05) is 11.5 Å². The van der Waals surface area contributed by atoms with Gasteiger partial charge < -0.3 is 15.6 Å². The molecule has 0 rings (SSSR count). The van der Waals surface area contributed by atoms with E-state index >= 15 is 0 Å². The topological polar surface area (TPSA) is 102 Å². The Morgan fingerprint density at radius 1 is 1.58 bits per heavy atom. The summed E-state index contributed by atoms with van der Waals surface area (Å²) in [5.41, 5.74) is 3.25. The highest BCUT2D eigenvalue weighted by molar-refractivity contribution is 7.91. The summed E-state index contributed by atoms with van der Waals surface area (Å²) in [7, 11) is -3.08. The zero-order valence-electron chi connectivity index (χ0n) is 6.95. The van der Waals surface area contributed by atoms with Crippen molar-refractivity contribution in [3.8, 4) is 0 Å². The van der Waals surface area contributed by atoms with Gasteiger partial charge in [0, 0.05) is 12.2 Å². The highest BCUT2D eigenvalue weighted by Gasteiger charge is 2.13. The molecule has 0 aromatic heterocycles. The number of carbonyl (C=O) groups excluding carboxylic acids is 1. The van der Waals surface area contributed by atoms with Crippen molar-refractivity contribution in [3.63, 3.8) is 0 Å². The first-order chi connectivity index (χ1) is 5.39. The second kappa shape index (κ2) is 4.42. The molecule has 0 aliphatic rings. The number of sulfone groups is 1. The summed E-state index contributed by atoms with van der Waals surface area (Å²) in [5, 5.41) is 10.1. The van der Waals surface area contributed by atoms with Crippen molar-refractivity contribution in [2.24, 2.45) is 0 Å². The molecular formula is C6H13NO4S. The lowest BCUT2D eigenvalue weighted by atomic mass is 10.2. The maximum absolute atomic E-state index is 10.9. The van der Waals surface area contributed by atoms with Crippen LogP contribution in [-0.4, -0.2) is 31.9 Å². The van der Waals surface area contributed by atoms with Crippen LogP contribution < -0.4 is 10.8 Å². The summed E-state index contributed by atoms with van der Waals surface area (Å²) < 4.78 is 21.8. The van der Waals surface area contributed by atoms with Crippen LogP contribution in [-0.2, 0) is 14.6 Å². The van der Waals surface area contributed by atoms with Gasteiger partial charge in [-0.2, -0.15) is 0 Å². The van der Waals surface area contributed by atoms with E-state index in [1.807, 2.05) is 0 Å². The number of quaternary nitrogens is 1. The fourth-order valence-electron chi connectivity index (χ4n) is 0.584. The third-order valence-corrected chi connectivity index (χ3v) is 3.29. The number of carbonyl (C=O) groups is 1. The maximum atomic E-state index is 10.9. The summed E-state index contributed by atoms with van der Waals surface area (Å²) in [5.74, 6) is -1.40. The second-order valence-corrected chi connectivity index (χ2v) is 5.01. The lowest BCUT2D eigenvalue weighted by molar-refractivity contribution is -0.437. The predicted molar refractivity (Wildman–Crippen MR) is 40.6 cm³/mol. The number of hydrogen-bond donors (Lipinski definition) is 1. The molecule has 6 heteroatoms. The van der Waals surface area contributed by atoms with Gasteiger partial charge in [-0.3, -0.25) is 0 Å². The minimum atomic E-state index is -3.08. The number of carboxylic acid groups (broad SMARTS) is 1. The van der Waals surface area contributed by atoms with E-state index in [1.54, 1.807) is 0 Å². The largest absolute Gasteiger partial charge is 0.544 e. The highest BCUT2D eigenvalue weighted by Crippen LogP contribution is 1.94. The molecule has 72 valence electrons. The van der Waals surface area contributed by atoms with Gasteiger partial charge in [-0.1, -0.05) is 6.92 Å². The van der Waals surface area contributed by atoms with Crippen LogP contribution in [0.25, 0.3) is 0 Å². The summed E-state index contributed by atoms with van der Waals surface area (Å²) in [6.45, 7) is 1.52. The van der Waals surface area contributed by atoms with E-state index in [4.69, 9.17) is 0 Å². The third kappa shape index (κ3) is 4.30. The van der Waals surface area contributed by atoms with E-state index in [0.29, 0.717) is 0 Å². The van der Waals surface area contributed by atoms with Gasteiger partial charge in [0.2, 0.25) is 0 Å². The molecule has 0 aromatic carbocycles. The van der Waals surface area contributed by atoms with Gasteiger partial charge in [-0.25, -0.2) is 8.42 Å². The minimum absolute atomic E-state index is 0.0263. The van der Waals surface area contributed by atoms with Gasteiger partial charge in [-0.15, -0.1) is 0 Å². The number of carboxylic acids is 1. The van der Waals surface area contributed by atoms with E-state index in [-0.39, 0.29) is 17.9 Å². The van der Waals surface area contributed by atoms with Gasteiger partial charge in [0.25, 0.3) is 0 Å². The molecule has 0 bridgehead atoms. The third-order valence-electron chi connectivity index (χ3n) is 1.55. The maximum Gasteiger partial charge on any atom is 0.150 e. The average Bonchev–Trinajstić information content (AvgIpc) is 2.00. The summed E-state index contributed by atoms with van der Waals surface area (Å²) in [6, 6.07) is -0.939. The molecule has 0 heterocycles. The predicted octanol–water partition coefficient (Wildman–Crippen LogP) is -2.83. The SMILES string of the molecule is CCS(=O)(=O)CC[C@@H]([NH3+])C(=O)[O-]. The van der Waals surface area contributed by atoms with Crippen LogP contribution in [0.15, 0.2) is 0 Å². The standard InChI is InChI=1S/C6H13NO4S/c1-2-12(10,11)4-3-5(7)6(8)9/h5H,2-4,7H2,1H3,(H,8,9)/t5-/m1/s1. The Kier molecular flexibility index (Phi) is 4.19. The van der Waals surface area contributed by atoms with E-state index < -0.39 is 21.8 Å². The molecule has 0 radical (unpaired) electrons. The second-order valence-electron chi connectivity index (χ2n) is 2.54. The molecule has 0 saturated carbocycles. The van der Waals surface area contributed by atoms with Crippen molar-refractivity contribution >= 4 is 15.8 Å². The first kappa shape index (κ1) is 11.4. The fourth-order valence-corrected chi connectivity index (χ4v) is 1.52. The van der Waals surface area contributed by atoms with Gasteiger partial charge in [0.05, 0.1) is 11.7 Å². The average molecular weight is 195 g/mol. The summed E-state index contributed by atoms with van der Waals surface area (Å²) in [6.07, 6.45) is 0.0263. The van der Waals surface area contributed by atoms with Crippen LogP contribution in [0.5, 0.6) is 0 Å². The summed E-state index contributed by atoms with van der Waals surface area (Å²) in [4.78, 5) is 10.1. The molecule has 0 amide bonds. The van der Waals surface area contributed by atoms with E-state index in [9.17, 15) is 18.3 Å². The molecule has 0 fully saturated rings. The molecule has 0 aromatic rings. The smallest absolute Gasteiger partial charge is 0.150 e. The normalized spacial score (nSPS) is 14.2. The number of aliphatic carboxylic acids is 1. The first-order valence-corrected chi connectivity index (χ1v) is 5.45. The van der Waals surface area contributed by atoms with Crippen molar-refractivity contribution in [3.05, 3.63) is 0 Å². The van der Waals surface area contributed by atoms with Crippen molar-refractivity contribution in [1.29, 1.82) is 0 Å². The molecule has 12 heavy (non-hydrogen) atoms. The van der Waals surface area contributed by atoms with Crippen molar-refractivity contribution in [1.82, 2.24) is 0 Å². The van der Waals surface area contributed by atoms with E-state index in [0.717, 1.165) is 0 Å². The quantitative estimate of drug-likeness (QED) is 0.511. The van der Waals surface area contributed by atoms with Crippen molar-refractivity contribution < 1.29 is 24.1 Å². The Morgan fingerprint density at radius 2 is 2.08 bits per heavy atom. The Balaban J connectivity index is 3.92. The lowest BCUT2D eigenvalue weighted by Crippen LogP contribution is -2.68. The minimum Gasteiger partial charge on any atom is -0.544 e. The van der Waals surface area contributed by atoms with E-state index in [1.165, 1.54) is 6.92 Å². The Bertz CT molecular complexity index is 246. The molecule has 5 nitrogen and oxygen atoms in total. The van der Waals surface area contributed by atoms with E-state index in [2.05, 4.69) is 5.73 Å². The van der Waals surface area contributed by atoms with Gasteiger partial charge in [0.1, 0.15) is 15.9 Å². The molecule has 0 spiro atoms. The van der Waals surface area contributed by atoms with Gasteiger partial charge >= 0.3 is 0 Å². The van der Waals surface area contributed by atoms with Crippen LogP contribution in [0.1, 0.15) is 13.3 Å². The number of rotatable bonds is 5. The van der Waals surface area contributed by atoms with Crippen LogP contribution in [0.2, 0.25) is 0 Å². The first-order valence-electron chi connectivity index (χ1n) is 3.63. The Hall–Kier alpha value is -0.620. The van der Waals surface area contributed by atoms with Crippen molar-refractivity contribution in [2.45, 2.75) is 19.4 Å². The van der Waals surface area contributed by atoms with Crippen LogP contribution >= 0.6 is 0 Å². The van der Waals surface area contributed by atoms with Crippen LogP contribution in [0.3, 0.4) is 0 Å². The van der Waals surface area contributed by atoms with Crippen LogP contribution in [0.4, 0.5) is 0 Å². The molecular weight excluding hydrogens is 182 g/mol. The molecule has 0 aliphatic carbocycles. The van der Waals surface area contributed by atoms with Crippen LogP contribution in [0, 0.1) is 0 Å².